The van der Waals surface area contributed by atoms with Gasteiger partial charge in [0.05, 0.1) is 6.04 Å². The van der Waals surface area contributed by atoms with Crippen molar-refractivity contribution >= 4 is 11.7 Å². The average molecular weight is 250 g/mol. The smallest absolute Gasteiger partial charge is 0.234 e. The van der Waals surface area contributed by atoms with E-state index in [0.717, 1.165) is 11.1 Å². The predicted molar refractivity (Wildman–Crippen MR) is 69.2 cm³/mol. The van der Waals surface area contributed by atoms with Gasteiger partial charge in [0.2, 0.25) is 5.91 Å². The second-order valence-corrected chi connectivity index (χ2v) is 4.13. The molecule has 6 heteroatoms. The second-order valence-electron chi connectivity index (χ2n) is 4.13. The highest BCUT2D eigenvalue weighted by Gasteiger charge is 2.09. The number of carbonyl (C=O) groups is 1. The topological polar surface area (TPSA) is 114 Å². The van der Waals surface area contributed by atoms with Crippen LogP contribution in [0.25, 0.3) is 0 Å². The van der Waals surface area contributed by atoms with E-state index < -0.39 is 0 Å². The van der Waals surface area contributed by atoms with Crippen molar-refractivity contribution < 1.29 is 10.0 Å². The molecule has 0 aliphatic rings. The van der Waals surface area contributed by atoms with Crippen molar-refractivity contribution in [3.05, 3.63) is 34.9 Å². The minimum atomic E-state index is -0.388. The number of carbonyl (C=O) groups excluding carboxylic acids is 1. The van der Waals surface area contributed by atoms with Crippen LogP contribution in [-0.4, -0.2) is 23.0 Å². The molecule has 1 aromatic rings. The zero-order valence-electron chi connectivity index (χ0n) is 10.5. The fourth-order valence-corrected chi connectivity index (χ4v) is 1.47. The molecule has 0 aliphatic carbocycles. The summed E-state index contributed by atoms with van der Waals surface area (Å²) in [5.41, 5.74) is 13.3. The van der Waals surface area contributed by atoms with E-state index in [9.17, 15) is 4.79 Å². The summed E-state index contributed by atoms with van der Waals surface area (Å²) in [7, 11) is 0. The van der Waals surface area contributed by atoms with Crippen molar-refractivity contribution in [3.8, 4) is 0 Å². The Labute approximate surface area is 106 Å². The lowest BCUT2D eigenvalue weighted by Crippen LogP contribution is -2.38. The number of oxime groups is 1. The lowest BCUT2D eigenvalue weighted by molar-refractivity contribution is -0.119. The monoisotopic (exact) mass is 250 g/mol. The van der Waals surface area contributed by atoms with E-state index in [2.05, 4.69) is 10.5 Å². The molecule has 0 fully saturated rings. The van der Waals surface area contributed by atoms with Gasteiger partial charge in [0, 0.05) is 12.1 Å². The van der Waals surface area contributed by atoms with Gasteiger partial charge < -0.3 is 22.0 Å². The highest BCUT2D eigenvalue weighted by molar-refractivity contribution is 5.97. The number of aryl methyl sites for hydroxylation is 1. The largest absolute Gasteiger partial charge is 0.409 e. The van der Waals surface area contributed by atoms with Crippen LogP contribution in [0.15, 0.2) is 23.4 Å². The summed E-state index contributed by atoms with van der Waals surface area (Å²) in [5, 5.41) is 14.5. The summed E-state index contributed by atoms with van der Waals surface area (Å²) < 4.78 is 0. The van der Waals surface area contributed by atoms with E-state index in [-0.39, 0.29) is 17.8 Å². The van der Waals surface area contributed by atoms with Crippen LogP contribution in [-0.2, 0) is 11.3 Å². The van der Waals surface area contributed by atoms with Crippen LogP contribution in [0.5, 0.6) is 0 Å². The van der Waals surface area contributed by atoms with Gasteiger partial charge in [-0.2, -0.15) is 0 Å². The lowest BCUT2D eigenvalue weighted by Gasteiger charge is -2.12. The molecule has 1 rings (SSSR count). The standard InChI is InChI=1S/C12H18N4O2/c1-7-5-9(11(13)16-18)3-4-10(7)6-15-8(2)12(14)17/h3-5,8,15,18H,6H2,1-2H3,(H2,13,16)(H2,14,17). The van der Waals surface area contributed by atoms with Crippen LogP contribution in [0.3, 0.4) is 0 Å². The molecule has 0 saturated carbocycles. The number of benzene rings is 1. The zero-order valence-corrected chi connectivity index (χ0v) is 10.5. The fraction of sp³-hybridized carbons (Fsp3) is 0.333. The third-order valence-electron chi connectivity index (χ3n) is 2.77. The first-order valence-corrected chi connectivity index (χ1v) is 5.55. The minimum absolute atomic E-state index is 0.0723. The van der Waals surface area contributed by atoms with Crippen molar-refractivity contribution in [1.82, 2.24) is 5.32 Å². The zero-order chi connectivity index (χ0) is 13.7. The molecular formula is C12H18N4O2. The van der Waals surface area contributed by atoms with Gasteiger partial charge >= 0.3 is 0 Å². The molecule has 1 atom stereocenters. The molecule has 18 heavy (non-hydrogen) atoms. The van der Waals surface area contributed by atoms with Gasteiger partial charge in [0.15, 0.2) is 5.84 Å². The third-order valence-corrected chi connectivity index (χ3v) is 2.77. The van der Waals surface area contributed by atoms with Crippen molar-refractivity contribution in [3.63, 3.8) is 0 Å². The van der Waals surface area contributed by atoms with Crippen molar-refractivity contribution in [1.29, 1.82) is 0 Å². The average Bonchev–Trinajstić information content (AvgIpc) is 2.35. The van der Waals surface area contributed by atoms with Crippen molar-refractivity contribution in [2.24, 2.45) is 16.6 Å². The highest BCUT2D eigenvalue weighted by atomic mass is 16.4. The first kappa shape index (κ1) is 14.0. The van der Waals surface area contributed by atoms with E-state index in [1.165, 1.54) is 0 Å². The van der Waals surface area contributed by atoms with E-state index in [0.29, 0.717) is 12.1 Å². The number of nitrogens with zero attached hydrogens (tertiary/aromatic N) is 1. The quantitative estimate of drug-likeness (QED) is 0.256. The van der Waals surface area contributed by atoms with Gasteiger partial charge in [-0.25, -0.2) is 0 Å². The molecule has 98 valence electrons. The molecule has 0 bridgehead atoms. The van der Waals surface area contributed by atoms with Crippen LogP contribution in [0.4, 0.5) is 0 Å². The molecule has 0 heterocycles. The van der Waals surface area contributed by atoms with Crippen LogP contribution < -0.4 is 16.8 Å². The fourth-order valence-electron chi connectivity index (χ4n) is 1.47. The molecule has 0 aliphatic heterocycles. The molecule has 6 N–H and O–H groups in total. The normalized spacial score (nSPS) is 13.3. The molecule has 1 aromatic carbocycles. The Morgan fingerprint density at radius 1 is 1.50 bits per heavy atom. The summed E-state index contributed by atoms with van der Waals surface area (Å²) >= 11 is 0. The number of nitrogens with one attached hydrogen (secondary N) is 1. The molecule has 0 radical (unpaired) electrons. The highest BCUT2D eigenvalue weighted by Crippen LogP contribution is 2.11. The van der Waals surface area contributed by atoms with Gasteiger partial charge in [-0.3, -0.25) is 4.79 Å². The third kappa shape index (κ3) is 3.46. The Bertz CT molecular complexity index is 471. The van der Waals surface area contributed by atoms with Gasteiger partial charge in [0.25, 0.3) is 0 Å². The number of amides is 1. The summed E-state index contributed by atoms with van der Waals surface area (Å²) in [6.07, 6.45) is 0. The summed E-state index contributed by atoms with van der Waals surface area (Å²) in [5.74, 6) is -0.316. The second kappa shape index (κ2) is 6.02. The van der Waals surface area contributed by atoms with Crippen molar-refractivity contribution in [2.75, 3.05) is 0 Å². The van der Waals surface area contributed by atoms with Gasteiger partial charge in [-0.15, -0.1) is 0 Å². The van der Waals surface area contributed by atoms with E-state index in [4.69, 9.17) is 16.7 Å². The summed E-state index contributed by atoms with van der Waals surface area (Å²) in [6, 6.07) is 5.06. The Hall–Kier alpha value is -2.08. The molecule has 1 amide bonds. The van der Waals surface area contributed by atoms with Gasteiger partial charge in [0.1, 0.15) is 0 Å². The van der Waals surface area contributed by atoms with Gasteiger partial charge in [-0.1, -0.05) is 17.3 Å². The SMILES string of the molecule is Cc1cc(/C(N)=N/O)ccc1CNC(C)C(N)=O. The maximum absolute atomic E-state index is 10.9. The molecule has 0 saturated heterocycles. The summed E-state index contributed by atoms with van der Waals surface area (Å²) in [4.78, 5) is 10.9. The first-order chi connectivity index (χ1) is 8.45. The maximum Gasteiger partial charge on any atom is 0.234 e. The number of hydrogen-bond donors (Lipinski definition) is 4. The molecule has 0 spiro atoms. The number of nitrogens with two attached hydrogens (primary N) is 2. The van der Waals surface area contributed by atoms with Crippen LogP contribution in [0.1, 0.15) is 23.6 Å². The Morgan fingerprint density at radius 3 is 2.67 bits per heavy atom. The van der Waals surface area contributed by atoms with Gasteiger partial charge in [-0.05, 0) is 31.0 Å². The van der Waals surface area contributed by atoms with E-state index in [1.54, 1.807) is 13.0 Å². The lowest BCUT2D eigenvalue weighted by atomic mass is 10.0. The van der Waals surface area contributed by atoms with Crippen LogP contribution in [0.2, 0.25) is 0 Å². The molecule has 0 aromatic heterocycles. The van der Waals surface area contributed by atoms with Crippen LogP contribution in [0, 0.1) is 6.92 Å². The number of hydrogen-bond acceptors (Lipinski definition) is 4. The number of primary amides is 1. The number of rotatable bonds is 5. The first-order valence-electron chi connectivity index (χ1n) is 5.55. The predicted octanol–water partition coefficient (Wildman–Crippen LogP) is 0.0529. The molecule has 6 nitrogen and oxygen atoms in total. The van der Waals surface area contributed by atoms with Crippen LogP contribution >= 0.6 is 0 Å². The van der Waals surface area contributed by atoms with Crippen molar-refractivity contribution in [2.45, 2.75) is 26.4 Å². The maximum atomic E-state index is 10.9. The molecule has 1 unspecified atom stereocenters. The number of amidine groups is 1. The Morgan fingerprint density at radius 2 is 2.17 bits per heavy atom. The minimum Gasteiger partial charge on any atom is -0.409 e. The van der Waals surface area contributed by atoms with E-state index in [1.807, 2.05) is 19.1 Å². The Balaban J connectivity index is 2.77. The molecular weight excluding hydrogens is 232 g/mol. The van der Waals surface area contributed by atoms with E-state index >= 15 is 0 Å². The Kier molecular flexibility index (Phi) is 4.67. The summed E-state index contributed by atoms with van der Waals surface area (Å²) in [6.45, 7) is 4.16.